The van der Waals surface area contributed by atoms with Crippen molar-refractivity contribution in [3.63, 3.8) is 0 Å². The number of hydrogen-bond donors (Lipinski definition) is 2. The molecule has 0 bridgehead atoms. The van der Waals surface area contributed by atoms with E-state index in [2.05, 4.69) is 4.98 Å². The molecule has 142 valence electrons. The van der Waals surface area contributed by atoms with E-state index in [1.165, 1.54) is 31.3 Å². The number of aliphatic hydroxyl groups excluding tert-OH is 1. The van der Waals surface area contributed by atoms with Crippen molar-refractivity contribution >= 4 is 17.6 Å². The van der Waals surface area contributed by atoms with Crippen LogP contribution in [0.3, 0.4) is 0 Å². The molecule has 0 amide bonds. The van der Waals surface area contributed by atoms with E-state index in [1.807, 2.05) is 0 Å². The molecule has 1 aromatic carbocycles. The average molecular weight is 372 g/mol. The number of rotatable bonds is 5. The van der Waals surface area contributed by atoms with Crippen molar-refractivity contribution in [2.45, 2.75) is 25.9 Å². The summed E-state index contributed by atoms with van der Waals surface area (Å²) in [4.78, 5) is 29.6. The van der Waals surface area contributed by atoms with Gasteiger partial charge < -0.3 is 15.1 Å². The number of aromatic nitrogens is 1. The summed E-state index contributed by atoms with van der Waals surface area (Å²) in [5.74, 6) is -1.15. The van der Waals surface area contributed by atoms with Crippen LogP contribution >= 0.6 is 0 Å². The van der Waals surface area contributed by atoms with Gasteiger partial charge in [-0.1, -0.05) is 12.1 Å². The van der Waals surface area contributed by atoms with Crippen molar-refractivity contribution in [3.8, 4) is 0 Å². The molecule has 3 rings (SSSR count). The predicted octanol–water partition coefficient (Wildman–Crippen LogP) is 2.31. The quantitative estimate of drug-likeness (QED) is 0.783. The van der Waals surface area contributed by atoms with Gasteiger partial charge in [0.1, 0.15) is 17.1 Å². The first kappa shape index (κ1) is 19.0. The predicted molar refractivity (Wildman–Crippen MR) is 97.3 cm³/mol. The summed E-state index contributed by atoms with van der Waals surface area (Å²) in [6.45, 7) is 1.92. The Morgan fingerprint density at radius 3 is 2.70 bits per heavy atom. The number of carbonyl (C=O) groups excluding carboxylic acids is 1. The molecule has 1 aromatic heterocycles. The first-order valence-corrected chi connectivity index (χ1v) is 8.70. The second kappa shape index (κ2) is 7.44. The molecule has 0 spiro atoms. The Bertz CT molecular complexity index is 855. The number of halogens is 1. The fourth-order valence-electron chi connectivity index (χ4n) is 3.53. The third-order valence-electron chi connectivity index (χ3n) is 5.10. The van der Waals surface area contributed by atoms with Crippen LogP contribution in [-0.4, -0.2) is 46.1 Å². The summed E-state index contributed by atoms with van der Waals surface area (Å²) in [7, 11) is 0. The summed E-state index contributed by atoms with van der Waals surface area (Å²) in [5.41, 5.74) is -0.495. The Balaban J connectivity index is 1.90. The molecule has 2 N–H and O–H groups in total. The van der Waals surface area contributed by atoms with E-state index in [1.54, 1.807) is 23.1 Å². The van der Waals surface area contributed by atoms with E-state index in [9.17, 15) is 24.2 Å². The zero-order chi connectivity index (χ0) is 19.6. The van der Waals surface area contributed by atoms with Crippen LogP contribution in [0, 0.1) is 11.2 Å². The Labute approximate surface area is 156 Å². The topological polar surface area (TPSA) is 90.7 Å². The number of carbonyl (C=O) groups is 2. The first-order chi connectivity index (χ1) is 12.8. The highest BCUT2D eigenvalue weighted by Gasteiger charge is 2.49. The van der Waals surface area contributed by atoms with Crippen molar-refractivity contribution in [2.24, 2.45) is 5.41 Å². The fraction of sp³-hybridized carbons (Fsp3) is 0.350. The van der Waals surface area contributed by atoms with Gasteiger partial charge in [-0.2, -0.15) is 0 Å². The third kappa shape index (κ3) is 3.83. The second-order valence-electron chi connectivity index (χ2n) is 6.96. The van der Waals surface area contributed by atoms with Crippen LogP contribution in [0.25, 0.3) is 0 Å². The van der Waals surface area contributed by atoms with E-state index in [4.69, 9.17) is 0 Å². The van der Waals surface area contributed by atoms with Crippen LogP contribution in [0.4, 0.5) is 10.2 Å². The molecule has 7 heteroatoms. The van der Waals surface area contributed by atoms with Gasteiger partial charge in [0, 0.05) is 24.8 Å². The molecule has 2 atom stereocenters. The van der Waals surface area contributed by atoms with E-state index in [-0.39, 0.29) is 25.2 Å². The van der Waals surface area contributed by atoms with Crippen LogP contribution in [0.15, 0.2) is 42.6 Å². The fourth-order valence-corrected chi connectivity index (χ4v) is 3.53. The van der Waals surface area contributed by atoms with Crippen LogP contribution in [0.5, 0.6) is 0 Å². The Morgan fingerprint density at radius 1 is 1.33 bits per heavy atom. The van der Waals surface area contributed by atoms with Crippen molar-refractivity contribution in [2.75, 3.05) is 18.0 Å². The molecule has 1 saturated heterocycles. The molecule has 0 saturated carbocycles. The number of ketones is 1. The van der Waals surface area contributed by atoms with Crippen LogP contribution in [0.2, 0.25) is 0 Å². The van der Waals surface area contributed by atoms with Gasteiger partial charge in [0.15, 0.2) is 5.78 Å². The summed E-state index contributed by atoms with van der Waals surface area (Å²) in [5, 5.41) is 20.5. The zero-order valence-electron chi connectivity index (χ0n) is 14.9. The Hall–Kier alpha value is -2.80. The molecule has 6 nitrogen and oxygen atoms in total. The number of carboxylic acid groups (broad SMARTS) is 1. The van der Waals surface area contributed by atoms with Gasteiger partial charge in [0.2, 0.25) is 0 Å². The maximum absolute atomic E-state index is 13.5. The van der Waals surface area contributed by atoms with Crippen molar-refractivity contribution in [3.05, 3.63) is 59.5 Å². The molecule has 0 radical (unpaired) electrons. The number of Topliss-reactive ketones (excluding diaryl/α,β-unsaturated/α-hetero) is 1. The van der Waals surface area contributed by atoms with Crippen LogP contribution in [0.1, 0.15) is 29.3 Å². The molecular formula is C20H21FN2O4. The zero-order valence-corrected chi connectivity index (χ0v) is 14.9. The lowest BCUT2D eigenvalue weighted by Gasteiger charge is -2.44. The number of anilines is 1. The number of hydrogen-bond acceptors (Lipinski definition) is 5. The Kier molecular flexibility index (Phi) is 5.23. The maximum Gasteiger partial charge on any atom is 0.314 e. The van der Waals surface area contributed by atoms with E-state index < -0.39 is 23.3 Å². The lowest BCUT2D eigenvalue weighted by molar-refractivity contribution is -0.157. The van der Waals surface area contributed by atoms with Crippen molar-refractivity contribution in [1.82, 2.24) is 4.98 Å². The lowest BCUT2D eigenvalue weighted by Crippen LogP contribution is -2.57. The number of aliphatic hydroxyl groups is 1. The van der Waals surface area contributed by atoms with Gasteiger partial charge in [-0.15, -0.1) is 0 Å². The molecule has 0 aliphatic carbocycles. The molecule has 1 aliphatic heterocycles. The molecular weight excluding hydrogens is 351 g/mol. The monoisotopic (exact) mass is 372 g/mol. The molecule has 0 unspecified atom stereocenters. The van der Waals surface area contributed by atoms with E-state index >= 15 is 0 Å². The van der Waals surface area contributed by atoms with Gasteiger partial charge in [-0.3, -0.25) is 9.59 Å². The first-order valence-electron chi connectivity index (χ1n) is 8.70. The number of nitrogens with zero attached hydrogens (tertiary/aromatic N) is 2. The Morgan fingerprint density at radius 2 is 2.11 bits per heavy atom. The summed E-state index contributed by atoms with van der Waals surface area (Å²) < 4.78 is 13.5. The number of aliphatic carboxylic acids is 1. The average Bonchev–Trinajstić information content (AvgIpc) is 2.63. The number of carboxylic acids is 1. The van der Waals surface area contributed by atoms with Crippen LogP contribution in [-0.2, 0) is 11.2 Å². The van der Waals surface area contributed by atoms with Gasteiger partial charge in [0.25, 0.3) is 0 Å². The number of piperidine rings is 1. The van der Waals surface area contributed by atoms with Gasteiger partial charge in [-0.05, 0) is 49.6 Å². The molecule has 2 heterocycles. The highest BCUT2D eigenvalue weighted by Crippen LogP contribution is 2.36. The van der Waals surface area contributed by atoms with Gasteiger partial charge in [0.05, 0.1) is 6.10 Å². The summed E-state index contributed by atoms with van der Waals surface area (Å²) in [6, 6.07) is 9.07. The molecule has 1 aliphatic rings. The van der Waals surface area contributed by atoms with Crippen molar-refractivity contribution < 1.29 is 24.2 Å². The second-order valence-corrected chi connectivity index (χ2v) is 6.96. The minimum Gasteiger partial charge on any atom is -0.481 e. The summed E-state index contributed by atoms with van der Waals surface area (Å²) >= 11 is 0. The van der Waals surface area contributed by atoms with Crippen molar-refractivity contribution in [1.29, 1.82) is 0 Å². The van der Waals surface area contributed by atoms with Crippen LogP contribution < -0.4 is 4.90 Å². The maximum atomic E-state index is 13.5. The lowest BCUT2D eigenvalue weighted by atomic mass is 9.73. The smallest absolute Gasteiger partial charge is 0.314 e. The minimum atomic E-state index is -1.48. The molecule has 27 heavy (non-hydrogen) atoms. The van der Waals surface area contributed by atoms with E-state index in [0.717, 1.165) is 0 Å². The number of pyridine rings is 1. The van der Waals surface area contributed by atoms with E-state index in [0.29, 0.717) is 23.5 Å². The highest BCUT2D eigenvalue weighted by molar-refractivity contribution is 5.93. The largest absolute Gasteiger partial charge is 0.481 e. The molecule has 1 fully saturated rings. The summed E-state index contributed by atoms with van der Waals surface area (Å²) in [6.07, 6.45) is 0.643. The normalized spacial score (nSPS) is 22.5. The standard InChI is InChI=1S/C20H21FN2O4/c1-13(24)15-5-6-18(22-11-15)23-8-7-17(25)20(12-23,19(26)27)10-14-3-2-4-16(21)9-14/h2-6,9,11,17,25H,7-8,10,12H2,1H3,(H,26,27)/t17-,20+/m0/s1. The van der Waals surface area contributed by atoms with Gasteiger partial charge in [-0.25, -0.2) is 9.37 Å². The SMILES string of the molecule is CC(=O)c1ccc(N2CC[C@H](O)[C@](Cc3cccc(F)c3)(C(=O)O)C2)nc1. The highest BCUT2D eigenvalue weighted by atomic mass is 19.1. The molecule has 2 aromatic rings. The third-order valence-corrected chi connectivity index (χ3v) is 5.10. The minimum absolute atomic E-state index is 0.00326. The van der Waals surface area contributed by atoms with Gasteiger partial charge >= 0.3 is 5.97 Å². The number of benzene rings is 1.